The summed E-state index contributed by atoms with van der Waals surface area (Å²) in [5, 5.41) is 3.21. The van der Waals surface area contributed by atoms with Gasteiger partial charge in [0, 0.05) is 31.6 Å². The van der Waals surface area contributed by atoms with Gasteiger partial charge in [-0.2, -0.15) is 0 Å². The number of sulfonamides is 1. The van der Waals surface area contributed by atoms with Gasteiger partial charge in [0.1, 0.15) is 0 Å². The minimum Gasteiger partial charge on any atom is -0.315 e. The van der Waals surface area contributed by atoms with Crippen molar-refractivity contribution < 1.29 is 8.42 Å². The summed E-state index contributed by atoms with van der Waals surface area (Å²) in [5.74, 6) is 0.233. The summed E-state index contributed by atoms with van der Waals surface area (Å²) in [6.45, 7) is 5.14. The van der Waals surface area contributed by atoms with Gasteiger partial charge in [0.25, 0.3) is 0 Å². The van der Waals surface area contributed by atoms with E-state index in [0.29, 0.717) is 0 Å². The largest absolute Gasteiger partial charge is 0.315 e. The van der Waals surface area contributed by atoms with E-state index in [1.165, 1.54) is 0 Å². The Labute approximate surface area is 79.4 Å². The van der Waals surface area contributed by atoms with Crippen LogP contribution in [0.2, 0.25) is 0 Å². The van der Waals surface area contributed by atoms with Crippen LogP contribution in [-0.2, 0) is 10.0 Å². The zero-order valence-corrected chi connectivity index (χ0v) is 8.73. The normalized spacial score (nSPS) is 27.8. The molecule has 0 aliphatic carbocycles. The second-order valence-corrected chi connectivity index (χ2v) is 6.35. The lowest BCUT2D eigenvalue weighted by Crippen LogP contribution is -2.55. The Balaban J connectivity index is 2.06. The van der Waals surface area contributed by atoms with Gasteiger partial charge in [0.05, 0.1) is 5.75 Å². The van der Waals surface area contributed by atoms with Crippen molar-refractivity contribution in [3.63, 3.8) is 0 Å². The minimum atomic E-state index is -2.94. The quantitative estimate of drug-likeness (QED) is 0.668. The third-order valence-electron chi connectivity index (χ3n) is 3.16. The molecule has 0 atom stereocenters. The van der Waals surface area contributed by atoms with Crippen LogP contribution in [0, 0.1) is 5.41 Å². The number of hydrogen-bond donors (Lipinski definition) is 1. The van der Waals surface area contributed by atoms with Crippen LogP contribution in [0.1, 0.15) is 13.3 Å². The van der Waals surface area contributed by atoms with Crippen molar-refractivity contribution in [2.24, 2.45) is 5.41 Å². The molecule has 0 amide bonds. The van der Waals surface area contributed by atoms with Crippen LogP contribution in [0.5, 0.6) is 0 Å². The highest BCUT2D eigenvalue weighted by Gasteiger charge is 2.45. The number of nitrogens with zero attached hydrogens (tertiary/aromatic N) is 1. The van der Waals surface area contributed by atoms with Gasteiger partial charge in [-0.15, -0.1) is 0 Å². The van der Waals surface area contributed by atoms with Gasteiger partial charge in [-0.3, -0.25) is 0 Å². The third kappa shape index (κ3) is 1.49. The number of nitrogens with one attached hydrogen (secondary N) is 1. The highest BCUT2D eigenvalue weighted by atomic mass is 32.2. The zero-order chi connectivity index (χ0) is 9.53. The SMILES string of the molecule is CCS(=O)(=O)N1CCC2(CNC2)C1. The lowest BCUT2D eigenvalue weighted by molar-refractivity contribution is 0.187. The highest BCUT2D eigenvalue weighted by Crippen LogP contribution is 2.35. The zero-order valence-electron chi connectivity index (χ0n) is 7.91. The molecule has 0 aromatic rings. The van der Waals surface area contributed by atoms with E-state index in [1.807, 2.05) is 0 Å². The van der Waals surface area contributed by atoms with E-state index in [0.717, 1.165) is 32.6 Å². The molecule has 13 heavy (non-hydrogen) atoms. The van der Waals surface area contributed by atoms with Gasteiger partial charge in [-0.1, -0.05) is 0 Å². The van der Waals surface area contributed by atoms with E-state index < -0.39 is 10.0 Å². The summed E-state index contributed by atoms with van der Waals surface area (Å²) in [5.41, 5.74) is 0.280. The maximum Gasteiger partial charge on any atom is 0.213 e. The third-order valence-corrected chi connectivity index (χ3v) is 4.99. The summed E-state index contributed by atoms with van der Waals surface area (Å²) in [4.78, 5) is 0. The topological polar surface area (TPSA) is 49.4 Å². The molecule has 0 aromatic heterocycles. The molecule has 0 bridgehead atoms. The monoisotopic (exact) mass is 204 g/mol. The lowest BCUT2D eigenvalue weighted by Gasteiger charge is -2.38. The number of rotatable bonds is 2. The highest BCUT2D eigenvalue weighted by molar-refractivity contribution is 7.89. The first-order valence-electron chi connectivity index (χ1n) is 4.77. The van der Waals surface area contributed by atoms with E-state index in [1.54, 1.807) is 11.2 Å². The van der Waals surface area contributed by atoms with Crippen LogP contribution >= 0.6 is 0 Å². The molecule has 0 saturated carbocycles. The predicted octanol–water partition coefficient (Wildman–Crippen LogP) is -0.369. The lowest BCUT2D eigenvalue weighted by atomic mass is 9.81. The van der Waals surface area contributed by atoms with E-state index in [-0.39, 0.29) is 11.2 Å². The maximum atomic E-state index is 11.5. The van der Waals surface area contributed by atoms with Crippen LogP contribution < -0.4 is 5.32 Å². The smallest absolute Gasteiger partial charge is 0.213 e. The van der Waals surface area contributed by atoms with Gasteiger partial charge in [0.2, 0.25) is 10.0 Å². The fourth-order valence-corrected chi connectivity index (χ4v) is 3.29. The van der Waals surface area contributed by atoms with Gasteiger partial charge in [-0.25, -0.2) is 12.7 Å². The van der Waals surface area contributed by atoms with Crippen LogP contribution in [-0.4, -0.2) is 44.7 Å². The molecule has 2 saturated heterocycles. The van der Waals surface area contributed by atoms with E-state index in [4.69, 9.17) is 0 Å². The predicted molar refractivity (Wildman–Crippen MR) is 51.0 cm³/mol. The molecule has 5 heteroatoms. The Morgan fingerprint density at radius 2 is 2.15 bits per heavy atom. The molecular weight excluding hydrogens is 188 g/mol. The Morgan fingerprint density at radius 3 is 2.54 bits per heavy atom. The Kier molecular flexibility index (Phi) is 2.13. The second-order valence-electron chi connectivity index (χ2n) is 4.09. The first-order valence-corrected chi connectivity index (χ1v) is 6.37. The first kappa shape index (κ1) is 9.43. The van der Waals surface area contributed by atoms with Crippen molar-refractivity contribution in [3.8, 4) is 0 Å². The molecule has 2 fully saturated rings. The molecule has 0 radical (unpaired) electrons. The fourth-order valence-electron chi connectivity index (χ4n) is 2.08. The molecule has 76 valence electrons. The molecule has 2 rings (SSSR count). The van der Waals surface area contributed by atoms with Crippen molar-refractivity contribution in [1.82, 2.24) is 9.62 Å². The molecular formula is C8H16N2O2S. The summed E-state index contributed by atoms with van der Waals surface area (Å²) < 4.78 is 24.7. The van der Waals surface area contributed by atoms with Crippen molar-refractivity contribution in [1.29, 1.82) is 0 Å². The fraction of sp³-hybridized carbons (Fsp3) is 1.00. The molecule has 0 aromatic carbocycles. The van der Waals surface area contributed by atoms with Gasteiger partial charge < -0.3 is 5.32 Å². The van der Waals surface area contributed by atoms with Crippen LogP contribution in [0.4, 0.5) is 0 Å². The van der Waals surface area contributed by atoms with Crippen molar-refractivity contribution in [2.75, 3.05) is 31.9 Å². The molecule has 2 heterocycles. The molecule has 2 aliphatic rings. The van der Waals surface area contributed by atoms with E-state index in [2.05, 4.69) is 5.32 Å². The first-order chi connectivity index (χ1) is 6.08. The molecule has 1 N–H and O–H groups in total. The standard InChI is InChI=1S/C8H16N2O2S/c1-2-13(11,12)10-4-3-8(7-10)5-9-6-8/h9H,2-7H2,1H3. The Bertz CT molecular complexity index is 295. The number of hydrogen-bond acceptors (Lipinski definition) is 3. The second kappa shape index (κ2) is 2.93. The molecule has 4 nitrogen and oxygen atoms in total. The van der Waals surface area contributed by atoms with Gasteiger partial charge >= 0.3 is 0 Å². The van der Waals surface area contributed by atoms with Crippen LogP contribution in [0.15, 0.2) is 0 Å². The summed E-state index contributed by atoms with van der Waals surface area (Å²) in [7, 11) is -2.94. The Hall–Kier alpha value is -0.130. The van der Waals surface area contributed by atoms with Crippen molar-refractivity contribution in [2.45, 2.75) is 13.3 Å². The van der Waals surface area contributed by atoms with E-state index >= 15 is 0 Å². The average Bonchev–Trinajstić information content (AvgIpc) is 2.48. The van der Waals surface area contributed by atoms with Crippen LogP contribution in [0.25, 0.3) is 0 Å². The average molecular weight is 204 g/mol. The summed E-state index contributed by atoms with van der Waals surface area (Å²) in [6.07, 6.45) is 1.03. The molecule has 1 spiro atoms. The van der Waals surface area contributed by atoms with Crippen molar-refractivity contribution >= 4 is 10.0 Å². The van der Waals surface area contributed by atoms with Crippen molar-refractivity contribution in [3.05, 3.63) is 0 Å². The Morgan fingerprint density at radius 1 is 1.46 bits per heavy atom. The molecule has 2 aliphatic heterocycles. The summed E-state index contributed by atoms with van der Waals surface area (Å²) >= 11 is 0. The minimum absolute atomic E-state index is 0.233. The maximum absolute atomic E-state index is 11.5. The van der Waals surface area contributed by atoms with Crippen LogP contribution in [0.3, 0.4) is 0 Å². The molecule has 0 unspecified atom stereocenters. The van der Waals surface area contributed by atoms with Gasteiger partial charge in [0.15, 0.2) is 0 Å². The van der Waals surface area contributed by atoms with E-state index in [9.17, 15) is 8.42 Å². The summed E-state index contributed by atoms with van der Waals surface area (Å²) in [6, 6.07) is 0. The van der Waals surface area contributed by atoms with Gasteiger partial charge in [-0.05, 0) is 13.3 Å².